The summed E-state index contributed by atoms with van der Waals surface area (Å²) < 4.78 is 1.77. The molecule has 1 atom stereocenters. The van der Waals surface area contributed by atoms with Crippen molar-refractivity contribution in [3.63, 3.8) is 0 Å². The SMILES string of the molecule is CC(CO)n1nnc(CC#N)c1C1CC1. The van der Waals surface area contributed by atoms with Gasteiger partial charge in [0.2, 0.25) is 0 Å². The van der Waals surface area contributed by atoms with Gasteiger partial charge < -0.3 is 5.11 Å². The lowest BCUT2D eigenvalue weighted by Crippen LogP contribution is -2.14. The highest BCUT2D eigenvalue weighted by Crippen LogP contribution is 2.41. The number of nitriles is 1. The Hall–Kier alpha value is -1.41. The molecule has 0 bridgehead atoms. The van der Waals surface area contributed by atoms with Gasteiger partial charge in [-0.15, -0.1) is 5.10 Å². The first-order valence-electron chi connectivity index (χ1n) is 5.19. The van der Waals surface area contributed by atoms with Crippen molar-refractivity contribution in [2.75, 3.05) is 6.61 Å². The number of hydrogen-bond donors (Lipinski definition) is 1. The molecule has 0 saturated heterocycles. The Morgan fingerprint density at radius 2 is 2.40 bits per heavy atom. The molecule has 1 aromatic heterocycles. The van der Waals surface area contributed by atoms with Crippen LogP contribution in [-0.2, 0) is 6.42 Å². The van der Waals surface area contributed by atoms with Crippen LogP contribution in [0.5, 0.6) is 0 Å². The van der Waals surface area contributed by atoms with Crippen LogP contribution in [0.2, 0.25) is 0 Å². The predicted octanol–water partition coefficient (Wildman–Crippen LogP) is 0.775. The minimum absolute atomic E-state index is 0.0507. The zero-order valence-electron chi connectivity index (χ0n) is 8.72. The van der Waals surface area contributed by atoms with Crippen LogP contribution in [0.1, 0.15) is 43.1 Å². The van der Waals surface area contributed by atoms with Crippen LogP contribution in [0, 0.1) is 11.3 Å². The molecule has 0 aromatic carbocycles. The third-order valence-electron chi connectivity index (χ3n) is 2.70. The molecule has 5 nitrogen and oxygen atoms in total. The monoisotopic (exact) mass is 206 g/mol. The molecule has 0 radical (unpaired) electrons. The van der Waals surface area contributed by atoms with Gasteiger partial charge >= 0.3 is 0 Å². The molecule has 1 unspecified atom stereocenters. The summed E-state index contributed by atoms with van der Waals surface area (Å²) in [5.74, 6) is 0.498. The topological polar surface area (TPSA) is 74.7 Å². The van der Waals surface area contributed by atoms with Gasteiger partial charge in [0.15, 0.2) is 0 Å². The molecule has 5 heteroatoms. The maximum Gasteiger partial charge on any atom is 0.100 e. The first-order chi connectivity index (χ1) is 7.27. The highest BCUT2D eigenvalue weighted by molar-refractivity contribution is 5.23. The summed E-state index contributed by atoms with van der Waals surface area (Å²) in [6.07, 6.45) is 2.60. The average Bonchev–Trinajstić information content (AvgIpc) is 3.00. The van der Waals surface area contributed by atoms with E-state index in [-0.39, 0.29) is 12.6 Å². The van der Waals surface area contributed by atoms with Gasteiger partial charge in [-0.3, -0.25) is 0 Å². The fraction of sp³-hybridized carbons (Fsp3) is 0.700. The van der Waals surface area contributed by atoms with Crippen molar-refractivity contribution in [3.05, 3.63) is 11.4 Å². The molecule has 0 aliphatic heterocycles. The van der Waals surface area contributed by atoms with E-state index in [1.54, 1.807) is 4.68 Å². The van der Waals surface area contributed by atoms with Crippen LogP contribution in [0.4, 0.5) is 0 Å². The Labute approximate surface area is 88.3 Å². The molecule has 1 heterocycles. The predicted molar refractivity (Wildman–Crippen MR) is 53.1 cm³/mol. The summed E-state index contributed by atoms with van der Waals surface area (Å²) in [4.78, 5) is 0. The average molecular weight is 206 g/mol. The zero-order valence-corrected chi connectivity index (χ0v) is 8.72. The van der Waals surface area contributed by atoms with E-state index in [1.807, 2.05) is 6.92 Å². The molecule has 0 amide bonds. The summed E-state index contributed by atoms with van der Waals surface area (Å²) in [5, 5.41) is 25.8. The minimum atomic E-state index is -0.0551. The van der Waals surface area contributed by atoms with Crippen molar-refractivity contribution in [3.8, 4) is 6.07 Å². The van der Waals surface area contributed by atoms with Crippen molar-refractivity contribution >= 4 is 0 Å². The van der Waals surface area contributed by atoms with E-state index in [0.717, 1.165) is 24.2 Å². The van der Waals surface area contributed by atoms with Gasteiger partial charge in [0, 0.05) is 5.92 Å². The summed E-state index contributed by atoms with van der Waals surface area (Å²) in [6, 6.07) is 2.04. The lowest BCUT2D eigenvalue weighted by atomic mass is 10.2. The second kappa shape index (κ2) is 3.99. The molecule has 1 fully saturated rings. The number of aromatic nitrogens is 3. The van der Waals surface area contributed by atoms with E-state index < -0.39 is 0 Å². The van der Waals surface area contributed by atoms with Gasteiger partial charge in [-0.1, -0.05) is 5.21 Å². The Morgan fingerprint density at radius 3 is 2.93 bits per heavy atom. The van der Waals surface area contributed by atoms with Crippen LogP contribution >= 0.6 is 0 Å². The lowest BCUT2D eigenvalue weighted by Gasteiger charge is -2.11. The Morgan fingerprint density at radius 1 is 1.67 bits per heavy atom. The third kappa shape index (κ3) is 1.85. The maximum absolute atomic E-state index is 9.10. The van der Waals surface area contributed by atoms with Crippen LogP contribution in [0.3, 0.4) is 0 Å². The van der Waals surface area contributed by atoms with Crippen LogP contribution < -0.4 is 0 Å². The van der Waals surface area contributed by atoms with Gasteiger partial charge in [0.05, 0.1) is 30.8 Å². The van der Waals surface area contributed by atoms with E-state index in [0.29, 0.717) is 12.3 Å². The fourth-order valence-corrected chi connectivity index (χ4v) is 1.72. The number of rotatable bonds is 4. The number of aliphatic hydroxyl groups excluding tert-OH is 1. The first kappa shape index (κ1) is 10.1. The number of aliphatic hydroxyl groups is 1. The van der Waals surface area contributed by atoms with E-state index in [2.05, 4.69) is 16.4 Å². The molecule has 15 heavy (non-hydrogen) atoms. The number of nitrogens with zero attached hydrogens (tertiary/aromatic N) is 4. The summed E-state index contributed by atoms with van der Waals surface area (Å²) in [7, 11) is 0. The first-order valence-corrected chi connectivity index (χ1v) is 5.19. The van der Waals surface area contributed by atoms with Gasteiger partial charge in [-0.05, 0) is 19.8 Å². The second-order valence-corrected chi connectivity index (χ2v) is 4.01. The molecule has 1 aliphatic rings. The van der Waals surface area contributed by atoms with Crippen molar-refractivity contribution < 1.29 is 5.11 Å². The third-order valence-corrected chi connectivity index (χ3v) is 2.70. The maximum atomic E-state index is 9.10. The molecule has 1 N–H and O–H groups in total. The number of hydrogen-bond acceptors (Lipinski definition) is 4. The fourth-order valence-electron chi connectivity index (χ4n) is 1.72. The van der Waals surface area contributed by atoms with Crippen LogP contribution in [0.15, 0.2) is 0 Å². The van der Waals surface area contributed by atoms with Crippen molar-refractivity contribution in [1.29, 1.82) is 5.26 Å². The lowest BCUT2D eigenvalue weighted by molar-refractivity contribution is 0.225. The van der Waals surface area contributed by atoms with Gasteiger partial charge in [0.1, 0.15) is 5.69 Å². The minimum Gasteiger partial charge on any atom is -0.394 e. The second-order valence-electron chi connectivity index (χ2n) is 4.01. The molecule has 1 aromatic rings. The van der Waals surface area contributed by atoms with E-state index in [4.69, 9.17) is 10.4 Å². The van der Waals surface area contributed by atoms with E-state index in [1.165, 1.54) is 0 Å². The standard InChI is InChI=1S/C10H14N4O/c1-7(6-15)14-10(8-2-3-8)9(4-5-11)12-13-14/h7-8,15H,2-4,6H2,1H3. The molecular formula is C10H14N4O. The molecular weight excluding hydrogens is 192 g/mol. The largest absolute Gasteiger partial charge is 0.394 e. The van der Waals surface area contributed by atoms with E-state index >= 15 is 0 Å². The highest BCUT2D eigenvalue weighted by atomic mass is 16.3. The highest BCUT2D eigenvalue weighted by Gasteiger charge is 2.32. The van der Waals surface area contributed by atoms with E-state index in [9.17, 15) is 0 Å². The molecule has 1 aliphatic carbocycles. The quantitative estimate of drug-likeness (QED) is 0.789. The zero-order chi connectivity index (χ0) is 10.8. The van der Waals surface area contributed by atoms with Crippen LogP contribution in [0.25, 0.3) is 0 Å². The van der Waals surface area contributed by atoms with Gasteiger partial charge in [-0.2, -0.15) is 5.26 Å². The smallest absolute Gasteiger partial charge is 0.100 e. The van der Waals surface area contributed by atoms with Gasteiger partial charge in [-0.25, -0.2) is 4.68 Å². The molecule has 1 saturated carbocycles. The van der Waals surface area contributed by atoms with Crippen molar-refractivity contribution in [2.45, 2.75) is 38.1 Å². The Kier molecular flexibility index (Phi) is 2.69. The summed E-state index contributed by atoms with van der Waals surface area (Å²) in [6.45, 7) is 1.95. The summed E-state index contributed by atoms with van der Waals surface area (Å²) >= 11 is 0. The Balaban J connectivity index is 2.34. The molecule has 80 valence electrons. The van der Waals surface area contributed by atoms with Crippen molar-refractivity contribution in [2.24, 2.45) is 0 Å². The van der Waals surface area contributed by atoms with Crippen molar-refractivity contribution in [1.82, 2.24) is 15.0 Å². The summed E-state index contributed by atoms with van der Waals surface area (Å²) in [5.41, 5.74) is 1.83. The molecule has 2 rings (SSSR count). The van der Waals surface area contributed by atoms with Gasteiger partial charge in [0.25, 0.3) is 0 Å². The molecule has 0 spiro atoms. The van der Waals surface area contributed by atoms with Crippen LogP contribution in [-0.4, -0.2) is 26.7 Å². The normalized spacial score (nSPS) is 17.4. The Bertz CT molecular complexity index is 389.